The molecule has 0 amide bonds. The van der Waals surface area contributed by atoms with Crippen LogP contribution in [0.5, 0.6) is 0 Å². The van der Waals surface area contributed by atoms with Gasteiger partial charge in [-0.3, -0.25) is 4.98 Å². The number of hydrogen-bond acceptors (Lipinski definition) is 3. The number of fused-ring (bicyclic) bond motifs is 9. The van der Waals surface area contributed by atoms with E-state index in [9.17, 15) is 0 Å². The lowest BCUT2D eigenvalue weighted by molar-refractivity contribution is 0.673. The topological polar surface area (TPSA) is 38.9 Å². The van der Waals surface area contributed by atoms with E-state index in [-0.39, 0.29) is 0 Å². The van der Waals surface area contributed by atoms with Crippen molar-refractivity contribution >= 4 is 65.3 Å². The molecule has 8 aromatic carbocycles. The minimum absolute atomic E-state index is 0.844. The summed E-state index contributed by atoms with van der Waals surface area (Å²) in [6.45, 7) is 0. The molecule has 0 radical (unpaired) electrons. The van der Waals surface area contributed by atoms with Crippen molar-refractivity contribution in [2.45, 2.75) is 0 Å². The first-order valence-corrected chi connectivity index (χ1v) is 18.0. The van der Waals surface area contributed by atoms with E-state index >= 15 is 0 Å². The van der Waals surface area contributed by atoms with E-state index in [1.54, 1.807) is 0 Å². The molecule has 3 heterocycles. The number of furan rings is 1. The van der Waals surface area contributed by atoms with Crippen molar-refractivity contribution in [2.75, 3.05) is 0 Å². The summed E-state index contributed by atoms with van der Waals surface area (Å²) in [4.78, 5) is 9.98. The van der Waals surface area contributed by atoms with Gasteiger partial charge in [0.05, 0.1) is 16.6 Å². The summed E-state index contributed by atoms with van der Waals surface area (Å²) in [6.07, 6.45) is 1.83. The molecule has 53 heavy (non-hydrogen) atoms. The molecule has 3 nitrogen and oxygen atoms in total. The first-order chi connectivity index (χ1) is 26.3. The molecular weight excluding hydrogens is 645 g/mol. The van der Waals surface area contributed by atoms with Gasteiger partial charge in [0, 0.05) is 27.9 Å². The van der Waals surface area contributed by atoms with Crippen LogP contribution in [-0.4, -0.2) is 9.97 Å². The van der Waals surface area contributed by atoms with Crippen LogP contribution in [0.1, 0.15) is 0 Å². The molecule has 0 saturated heterocycles. The Hall–Kier alpha value is -7.10. The van der Waals surface area contributed by atoms with Gasteiger partial charge >= 0.3 is 0 Å². The molecule has 0 aliphatic rings. The standard InChI is InChI=1S/C50H30N2O/c1-3-12-32(13-4-1)45-37-17-7-8-18-38(37)46(33-14-5-2-6-15-33)42-30-35(25-26-39(42)45)31-21-23-34(24-22-31)48-41-28-27-40-36-16-9-10-20-44(36)53-50(40)47(41)49-43(52-48)19-11-29-51-49/h1-30H. The van der Waals surface area contributed by atoms with Crippen molar-refractivity contribution in [3.63, 3.8) is 0 Å². The quantitative estimate of drug-likeness (QED) is 0.138. The molecule has 0 unspecified atom stereocenters. The molecule has 246 valence electrons. The predicted molar refractivity (Wildman–Crippen MR) is 221 cm³/mol. The third kappa shape index (κ3) is 4.61. The smallest absolute Gasteiger partial charge is 0.145 e. The van der Waals surface area contributed by atoms with E-state index in [0.717, 1.165) is 60.6 Å². The van der Waals surface area contributed by atoms with Gasteiger partial charge in [0.1, 0.15) is 16.7 Å². The second kappa shape index (κ2) is 11.7. The van der Waals surface area contributed by atoms with E-state index in [4.69, 9.17) is 14.4 Å². The monoisotopic (exact) mass is 674 g/mol. The summed E-state index contributed by atoms with van der Waals surface area (Å²) in [5, 5.41) is 9.19. The van der Waals surface area contributed by atoms with Crippen LogP contribution < -0.4 is 0 Å². The second-order valence-electron chi connectivity index (χ2n) is 13.7. The summed E-state index contributed by atoms with van der Waals surface area (Å²) in [5.41, 5.74) is 12.6. The molecule has 0 spiro atoms. The fourth-order valence-corrected chi connectivity index (χ4v) is 8.31. The second-order valence-corrected chi connectivity index (χ2v) is 13.7. The molecule has 0 aliphatic heterocycles. The third-order valence-electron chi connectivity index (χ3n) is 10.7. The minimum atomic E-state index is 0.844. The van der Waals surface area contributed by atoms with Gasteiger partial charge in [0.2, 0.25) is 0 Å². The van der Waals surface area contributed by atoms with Gasteiger partial charge in [-0.15, -0.1) is 0 Å². The highest BCUT2D eigenvalue weighted by atomic mass is 16.3. The molecule has 3 heteroatoms. The number of para-hydroxylation sites is 1. The molecule has 3 aromatic heterocycles. The third-order valence-corrected chi connectivity index (χ3v) is 10.7. The molecular formula is C50H30N2O. The van der Waals surface area contributed by atoms with Crippen molar-refractivity contribution in [3.8, 4) is 44.6 Å². The van der Waals surface area contributed by atoms with Gasteiger partial charge in [-0.05, 0) is 85.3 Å². The van der Waals surface area contributed by atoms with Crippen LogP contribution in [0.4, 0.5) is 0 Å². The SMILES string of the molecule is c1ccc(-c2c3ccccc3c(-c3ccccc3)c3cc(-c4ccc(-c5nc6cccnc6c6c5ccc5c7ccccc7oc56)cc4)ccc23)cc1. The maximum Gasteiger partial charge on any atom is 0.145 e. The Labute approximate surface area is 305 Å². The van der Waals surface area contributed by atoms with Gasteiger partial charge in [0.25, 0.3) is 0 Å². The van der Waals surface area contributed by atoms with Crippen LogP contribution in [0.3, 0.4) is 0 Å². The van der Waals surface area contributed by atoms with Gasteiger partial charge in [-0.2, -0.15) is 0 Å². The highest BCUT2D eigenvalue weighted by Crippen LogP contribution is 2.45. The van der Waals surface area contributed by atoms with Crippen LogP contribution >= 0.6 is 0 Å². The van der Waals surface area contributed by atoms with E-state index in [1.165, 1.54) is 49.4 Å². The number of aromatic nitrogens is 2. The Balaban J connectivity index is 1.11. The Kier molecular flexibility index (Phi) is 6.55. The zero-order chi connectivity index (χ0) is 34.9. The first-order valence-electron chi connectivity index (χ1n) is 18.0. The fraction of sp³-hybridized carbons (Fsp3) is 0. The molecule has 11 rings (SSSR count). The van der Waals surface area contributed by atoms with Crippen molar-refractivity contribution in [1.82, 2.24) is 9.97 Å². The highest BCUT2D eigenvalue weighted by Gasteiger charge is 2.20. The summed E-state index contributed by atoms with van der Waals surface area (Å²) < 4.78 is 6.51. The summed E-state index contributed by atoms with van der Waals surface area (Å²) in [6, 6.07) is 62.7. The van der Waals surface area contributed by atoms with Crippen LogP contribution in [0, 0.1) is 0 Å². The lowest BCUT2D eigenvalue weighted by Gasteiger charge is -2.18. The molecule has 0 saturated carbocycles. The van der Waals surface area contributed by atoms with Crippen LogP contribution in [0.25, 0.3) is 110 Å². The van der Waals surface area contributed by atoms with E-state index in [1.807, 2.05) is 30.5 Å². The number of nitrogens with zero attached hydrogens (tertiary/aromatic N) is 2. The van der Waals surface area contributed by atoms with Crippen molar-refractivity contribution < 1.29 is 4.42 Å². The number of pyridine rings is 2. The maximum absolute atomic E-state index is 6.51. The van der Waals surface area contributed by atoms with Gasteiger partial charge in [-0.25, -0.2) is 4.98 Å². The summed E-state index contributed by atoms with van der Waals surface area (Å²) in [7, 11) is 0. The zero-order valence-corrected chi connectivity index (χ0v) is 28.6. The van der Waals surface area contributed by atoms with Crippen molar-refractivity contribution in [2.24, 2.45) is 0 Å². The lowest BCUT2D eigenvalue weighted by atomic mass is 9.85. The Morgan fingerprint density at radius 1 is 0.377 bits per heavy atom. The zero-order valence-electron chi connectivity index (χ0n) is 28.6. The molecule has 0 fully saturated rings. The largest absolute Gasteiger partial charge is 0.455 e. The van der Waals surface area contributed by atoms with Gasteiger partial charge in [-0.1, -0.05) is 146 Å². The molecule has 11 aromatic rings. The summed E-state index contributed by atoms with van der Waals surface area (Å²) >= 11 is 0. The predicted octanol–water partition coefficient (Wildman–Crippen LogP) is 13.7. The highest BCUT2D eigenvalue weighted by molar-refractivity contribution is 6.24. The van der Waals surface area contributed by atoms with E-state index < -0.39 is 0 Å². The number of rotatable bonds is 4. The van der Waals surface area contributed by atoms with Gasteiger partial charge < -0.3 is 4.42 Å². The number of benzene rings is 8. The Bertz CT molecular complexity index is 3200. The van der Waals surface area contributed by atoms with Crippen molar-refractivity contribution in [3.05, 3.63) is 182 Å². The lowest BCUT2D eigenvalue weighted by Crippen LogP contribution is -1.92. The average molecular weight is 675 g/mol. The van der Waals surface area contributed by atoms with Crippen LogP contribution in [-0.2, 0) is 0 Å². The number of hydrogen-bond donors (Lipinski definition) is 0. The molecule has 0 aliphatic carbocycles. The van der Waals surface area contributed by atoms with Crippen LogP contribution in [0.15, 0.2) is 187 Å². The van der Waals surface area contributed by atoms with E-state index in [0.29, 0.717) is 0 Å². The van der Waals surface area contributed by atoms with Crippen LogP contribution in [0.2, 0.25) is 0 Å². The van der Waals surface area contributed by atoms with Crippen molar-refractivity contribution in [1.29, 1.82) is 0 Å². The minimum Gasteiger partial charge on any atom is -0.455 e. The normalized spacial score (nSPS) is 11.8. The van der Waals surface area contributed by atoms with Gasteiger partial charge in [0.15, 0.2) is 0 Å². The van der Waals surface area contributed by atoms with E-state index in [2.05, 4.69) is 152 Å². The molecule has 0 N–H and O–H groups in total. The summed E-state index contributed by atoms with van der Waals surface area (Å²) in [5.74, 6) is 0. The molecule has 0 atom stereocenters. The average Bonchev–Trinajstić information content (AvgIpc) is 3.62. The Morgan fingerprint density at radius 2 is 0.943 bits per heavy atom. The maximum atomic E-state index is 6.51. The molecule has 0 bridgehead atoms. The first kappa shape index (κ1) is 29.6. The Morgan fingerprint density at radius 3 is 1.68 bits per heavy atom. The fourth-order valence-electron chi connectivity index (χ4n) is 8.31.